The first-order valence-electron chi connectivity index (χ1n) is 8.04. The molecular weight excluding hydrogens is 312 g/mol. The molecular formula is C17H25BrN2. The van der Waals surface area contributed by atoms with Gasteiger partial charge in [0.05, 0.1) is 0 Å². The van der Waals surface area contributed by atoms with E-state index in [4.69, 9.17) is 0 Å². The molecule has 1 aromatic heterocycles. The topological polar surface area (TPSA) is 24.9 Å². The van der Waals surface area contributed by atoms with Gasteiger partial charge >= 0.3 is 0 Å². The van der Waals surface area contributed by atoms with Crippen molar-refractivity contribution in [1.29, 1.82) is 0 Å². The van der Waals surface area contributed by atoms with Gasteiger partial charge in [-0.1, -0.05) is 13.3 Å². The zero-order valence-electron chi connectivity index (χ0n) is 12.3. The average Bonchev–Trinajstić information content (AvgIpc) is 3.25. The van der Waals surface area contributed by atoms with Gasteiger partial charge in [0.15, 0.2) is 0 Å². The molecule has 20 heavy (non-hydrogen) atoms. The van der Waals surface area contributed by atoms with Crippen LogP contribution in [0.5, 0.6) is 0 Å². The molecule has 1 heterocycles. The van der Waals surface area contributed by atoms with Gasteiger partial charge in [0, 0.05) is 22.4 Å². The quantitative estimate of drug-likeness (QED) is 0.871. The third kappa shape index (κ3) is 4.05. The van der Waals surface area contributed by atoms with Crippen LogP contribution in [0.4, 0.5) is 0 Å². The smallest absolute Gasteiger partial charge is 0.0413 e. The summed E-state index contributed by atoms with van der Waals surface area (Å²) in [6, 6.07) is 5.13. The zero-order valence-corrected chi connectivity index (χ0v) is 13.9. The lowest BCUT2D eigenvalue weighted by molar-refractivity contribution is 0.182. The minimum Gasteiger partial charge on any atom is -0.314 e. The Hall–Kier alpha value is -0.410. The van der Waals surface area contributed by atoms with Crippen LogP contribution in [0.25, 0.3) is 0 Å². The highest BCUT2D eigenvalue weighted by atomic mass is 79.9. The van der Waals surface area contributed by atoms with Crippen molar-refractivity contribution in [2.75, 3.05) is 6.54 Å². The van der Waals surface area contributed by atoms with Crippen LogP contribution in [-0.4, -0.2) is 17.6 Å². The maximum Gasteiger partial charge on any atom is 0.0413 e. The van der Waals surface area contributed by atoms with Gasteiger partial charge in [0.1, 0.15) is 0 Å². The standard InChI is InChI=1S/C17H25BrN2/c1-12-2-3-13(10-19-16-6-7-16)14(8-12)9-17-5-4-15(18)11-20-17/h4-5,11-14,16,19H,2-3,6-10H2,1H3. The summed E-state index contributed by atoms with van der Waals surface area (Å²) in [6.07, 6.45) is 10.0. The Balaban J connectivity index is 1.60. The number of halogens is 1. The Labute approximate surface area is 130 Å². The van der Waals surface area contributed by atoms with Gasteiger partial charge in [-0.2, -0.15) is 0 Å². The first-order valence-corrected chi connectivity index (χ1v) is 8.84. The largest absolute Gasteiger partial charge is 0.314 e. The van der Waals surface area contributed by atoms with Crippen molar-refractivity contribution in [2.45, 2.75) is 51.5 Å². The molecule has 0 aromatic carbocycles. The third-order valence-electron chi connectivity index (χ3n) is 4.91. The van der Waals surface area contributed by atoms with Gasteiger partial charge in [0.25, 0.3) is 0 Å². The fraction of sp³-hybridized carbons (Fsp3) is 0.706. The van der Waals surface area contributed by atoms with E-state index in [-0.39, 0.29) is 0 Å². The minimum atomic E-state index is 0.804. The predicted octanol–water partition coefficient (Wildman–Crippen LogP) is 4.19. The molecule has 2 nitrogen and oxygen atoms in total. The number of hydrogen-bond acceptors (Lipinski definition) is 2. The Morgan fingerprint density at radius 1 is 1.20 bits per heavy atom. The Morgan fingerprint density at radius 3 is 2.75 bits per heavy atom. The molecule has 1 N–H and O–H groups in total. The molecule has 3 unspecified atom stereocenters. The van der Waals surface area contributed by atoms with Crippen molar-refractivity contribution < 1.29 is 0 Å². The fourth-order valence-electron chi connectivity index (χ4n) is 3.48. The van der Waals surface area contributed by atoms with Crippen molar-refractivity contribution in [3.63, 3.8) is 0 Å². The lowest BCUT2D eigenvalue weighted by Crippen LogP contribution is -2.34. The van der Waals surface area contributed by atoms with E-state index in [1.165, 1.54) is 44.3 Å². The Bertz CT molecular complexity index is 427. The number of nitrogens with zero attached hydrogens (tertiary/aromatic N) is 1. The second kappa shape index (κ2) is 6.57. The third-order valence-corrected chi connectivity index (χ3v) is 5.38. The molecule has 0 aliphatic heterocycles. The summed E-state index contributed by atoms with van der Waals surface area (Å²) < 4.78 is 1.07. The van der Waals surface area contributed by atoms with E-state index in [0.29, 0.717) is 0 Å². The fourth-order valence-corrected chi connectivity index (χ4v) is 3.72. The SMILES string of the molecule is CC1CCC(CNC2CC2)C(Cc2ccc(Br)cn2)C1. The van der Waals surface area contributed by atoms with E-state index in [1.807, 2.05) is 6.20 Å². The van der Waals surface area contributed by atoms with E-state index in [2.05, 4.69) is 45.3 Å². The van der Waals surface area contributed by atoms with Crippen LogP contribution in [0.3, 0.4) is 0 Å². The maximum absolute atomic E-state index is 4.57. The van der Waals surface area contributed by atoms with E-state index >= 15 is 0 Å². The number of rotatable bonds is 5. The lowest BCUT2D eigenvalue weighted by atomic mass is 9.72. The van der Waals surface area contributed by atoms with Gasteiger partial charge in [-0.15, -0.1) is 0 Å². The molecule has 2 aliphatic rings. The van der Waals surface area contributed by atoms with Crippen molar-refractivity contribution in [1.82, 2.24) is 10.3 Å². The van der Waals surface area contributed by atoms with Crippen LogP contribution in [0.2, 0.25) is 0 Å². The summed E-state index contributed by atoms with van der Waals surface area (Å²) in [4.78, 5) is 4.57. The van der Waals surface area contributed by atoms with Crippen molar-refractivity contribution in [3.8, 4) is 0 Å². The van der Waals surface area contributed by atoms with Gasteiger partial charge in [-0.25, -0.2) is 0 Å². The maximum atomic E-state index is 4.57. The van der Waals surface area contributed by atoms with E-state index < -0.39 is 0 Å². The number of pyridine rings is 1. The van der Waals surface area contributed by atoms with Crippen LogP contribution < -0.4 is 5.32 Å². The molecule has 2 aliphatic carbocycles. The van der Waals surface area contributed by atoms with Crippen LogP contribution >= 0.6 is 15.9 Å². The zero-order chi connectivity index (χ0) is 13.9. The average molecular weight is 337 g/mol. The summed E-state index contributed by atoms with van der Waals surface area (Å²) in [5.74, 6) is 2.53. The van der Waals surface area contributed by atoms with E-state index in [1.54, 1.807) is 0 Å². The molecule has 3 atom stereocenters. The van der Waals surface area contributed by atoms with Crippen LogP contribution in [0, 0.1) is 17.8 Å². The van der Waals surface area contributed by atoms with Crippen LogP contribution in [0.15, 0.2) is 22.8 Å². The highest BCUT2D eigenvalue weighted by Gasteiger charge is 2.30. The molecule has 1 aromatic rings. The normalized spacial score (nSPS) is 30.4. The summed E-state index contributed by atoms with van der Waals surface area (Å²) in [5, 5.41) is 3.74. The monoisotopic (exact) mass is 336 g/mol. The predicted molar refractivity (Wildman–Crippen MR) is 86.7 cm³/mol. The van der Waals surface area contributed by atoms with E-state index in [0.717, 1.165) is 34.7 Å². The van der Waals surface area contributed by atoms with Gasteiger partial charge in [-0.3, -0.25) is 4.98 Å². The Kier molecular flexibility index (Phi) is 4.77. The van der Waals surface area contributed by atoms with Crippen molar-refractivity contribution in [3.05, 3.63) is 28.5 Å². The molecule has 0 spiro atoms. The molecule has 3 rings (SSSR count). The second-order valence-corrected chi connectivity index (χ2v) is 7.71. The summed E-state index contributed by atoms with van der Waals surface area (Å²) in [7, 11) is 0. The molecule has 0 radical (unpaired) electrons. The van der Waals surface area contributed by atoms with Crippen LogP contribution in [0.1, 0.15) is 44.7 Å². The van der Waals surface area contributed by atoms with Gasteiger partial charge < -0.3 is 5.32 Å². The molecule has 0 amide bonds. The second-order valence-electron chi connectivity index (χ2n) is 6.79. The van der Waals surface area contributed by atoms with Gasteiger partial charge in [-0.05, 0) is 84.5 Å². The number of nitrogens with one attached hydrogen (secondary N) is 1. The highest BCUT2D eigenvalue weighted by molar-refractivity contribution is 9.10. The first kappa shape index (κ1) is 14.5. The van der Waals surface area contributed by atoms with Crippen molar-refractivity contribution in [2.24, 2.45) is 17.8 Å². The lowest BCUT2D eigenvalue weighted by Gasteiger charge is -2.35. The molecule has 2 fully saturated rings. The molecule has 0 saturated heterocycles. The minimum absolute atomic E-state index is 0.804. The molecule has 0 bridgehead atoms. The highest BCUT2D eigenvalue weighted by Crippen LogP contribution is 2.36. The Morgan fingerprint density at radius 2 is 2.05 bits per heavy atom. The van der Waals surface area contributed by atoms with E-state index in [9.17, 15) is 0 Å². The molecule has 3 heteroatoms. The first-order chi connectivity index (χ1) is 9.70. The summed E-state index contributed by atoms with van der Waals surface area (Å²) in [6.45, 7) is 3.63. The number of aromatic nitrogens is 1. The molecule has 2 saturated carbocycles. The van der Waals surface area contributed by atoms with Crippen molar-refractivity contribution >= 4 is 15.9 Å². The van der Waals surface area contributed by atoms with Gasteiger partial charge in [0.2, 0.25) is 0 Å². The number of hydrogen-bond donors (Lipinski definition) is 1. The molecule has 110 valence electrons. The van der Waals surface area contributed by atoms with Crippen LogP contribution in [-0.2, 0) is 6.42 Å². The summed E-state index contributed by atoms with van der Waals surface area (Å²) >= 11 is 3.47. The summed E-state index contributed by atoms with van der Waals surface area (Å²) in [5.41, 5.74) is 1.25.